The summed E-state index contributed by atoms with van der Waals surface area (Å²) in [5.74, 6) is -2.49. The van der Waals surface area contributed by atoms with E-state index in [2.05, 4.69) is 6.58 Å². The largest absolute Gasteiger partial charge is 0.463 e. The molecule has 0 unspecified atom stereocenters. The van der Waals surface area contributed by atoms with Crippen LogP contribution in [0.5, 0.6) is 0 Å². The zero-order valence-electron chi connectivity index (χ0n) is 21.7. The molecule has 1 saturated heterocycles. The molecule has 0 aliphatic carbocycles. The second kappa shape index (κ2) is 15.5. The number of hydrogen-bond acceptors (Lipinski definition) is 10. The fraction of sp³-hybridized carbons (Fsp3) is 0.760. The molecule has 1 rings (SSSR count). The van der Waals surface area contributed by atoms with Crippen molar-refractivity contribution >= 4 is 23.9 Å². The Morgan fingerprint density at radius 3 is 1.91 bits per heavy atom. The van der Waals surface area contributed by atoms with Gasteiger partial charge in [-0.3, -0.25) is 19.2 Å². The summed E-state index contributed by atoms with van der Waals surface area (Å²) in [6.07, 6.45) is 0.377. The minimum Gasteiger partial charge on any atom is -0.463 e. The van der Waals surface area contributed by atoms with Crippen LogP contribution in [0.3, 0.4) is 0 Å². The highest BCUT2D eigenvalue weighted by molar-refractivity contribution is 5.68. The van der Waals surface area contributed by atoms with E-state index in [0.717, 1.165) is 32.1 Å². The Hall–Kier alpha value is -2.46. The van der Waals surface area contributed by atoms with Gasteiger partial charge < -0.3 is 28.4 Å². The summed E-state index contributed by atoms with van der Waals surface area (Å²) >= 11 is 0. The third-order valence-electron chi connectivity index (χ3n) is 5.40. The molecule has 0 saturated carbocycles. The van der Waals surface area contributed by atoms with E-state index in [0.29, 0.717) is 0 Å². The van der Waals surface area contributed by atoms with Crippen LogP contribution < -0.4 is 0 Å². The van der Waals surface area contributed by atoms with Gasteiger partial charge in [0.25, 0.3) is 0 Å². The van der Waals surface area contributed by atoms with Crippen LogP contribution in [0.15, 0.2) is 12.7 Å². The smallest absolute Gasteiger partial charge is 0.303 e. The summed E-state index contributed by atoms with van der Waals surface area (Å²) in [5, 5.41) is 0. The van der Waals surface area contributed by atoms with Crippen LogP contribution in [0.4, 0.5) is 0 Å². The maximum Gasteiger partial charge on any atom is 0.303 e. The molecule has 0 aromatic rings. The van der Waals surface area contributed by atoms with Crippen molar-refractivity contribution in [3.8, 4) is 0 Å². The first kappa shape index (κ1) is 30.6. The van der Waals surface area contributed by atoms with Crippen molar-refractivity contribution < 1.29 is 47.6 Å². The van der Waals surface area contributed by atoms with Crippen LogP contribution in [0, 0.1) is 5.92 Å². The molecule has 6 atom stereocenters. The molecule has 10 heteroatoms. The predicted molar refractivity (Wildman–Crippen MR) is 125 cm³/mol. The Labute approximate surface area is 207 Å². The molecule has 0 aromatic heterocycles. The Balaban J connectivity index is 3.25. The van der Waals surface area contributed by atoms with Crippen molar-refractivity contribution in [3.63, 3.8) is 0 Å². The summed E-state index contributed by atoms with van der Waals surface area (Å²) in [4.78, 5) is 47.2. The van der Waals surface area contributed by atoms with Crippen LogP contribution in [-0.4, -0.2) is 67.3 Å². The lowest BCUT2D eigenvalue weighted by atomic mass is 9.96. The lowest BCUT2D eigenvalue weighted by Crippen LogP contribution is -2.63. The molecule has 1 aliphatic rings. The van der Waals surface area contributed by atoms with Gasteiger partial charge in [0.15, 0.2) is 24.6 Å². The van der Waals surface area contributed by atoms with E-state index >= 15 is 0 Å². The highest BCUT2D eigenvalue weighted by Crippen LogP contribution is 2.32. The molecule has 35 heavy (non-hydrogen) atoms. The number of carbonyl (C=O) groups excluding carboxylic acids is 4. The maximum absolute atomic E-state index is 11.9. The van der Waals surface area contributed by atoms with Crippen LogP contribution in [-0.2, 0) is 47.6 Å². The monoisotopic (exact) mass is 500 g/mol. The fourth-order valence-corrected chi connectivity index (χ4v) is 3.84. The van der Waals surface area contributed by atoms with Gasteiger partial charge in [-0.25, -0.2) is 0 Å². The molecule has 200 valence electrons. The van der Waals surface area contributed by atoms with E-state index in [1.54, 1.807) is 0 Å². The van der Waals surface area contributed by atoms with E-state index in [1.165, 1.54) is 27.7 Å². The number of rotatable bonds is 14. The maximum atomic E-state index is 11.9. The minimum absolute atomic E-state index is 0.0984. The summed E-state index contributed by atoms with van der Waals surface area (Å²) in [6, 6.07) is 0. The first-order valence-corrected chi connectivity index (χ1v) is 12.0. The second-order valence-corrected chi connectivity index (χ2v) is 8.91. The molecule has 0 N–H and O–H groups in total. The Bertz CT molecular complexity index is 719. The number of allylic oxidation sites excluding steroid dienone is 1. The van der Waals surface area contributed by atoms with Crippen molar-refractivity contribution in [2.24, 2.45) is 5.92 Å². The van der Waals surface area contributed by atoms with Crippen LogP contribution >= 0.6 is 0 Å². The molecule has 1 fully saturated rings. The lowest BCUT2D eigenvalue weighted by Gasteiger charge is -2.45. The van der Waals surface area contributed by atoms with Gasteiger partial charge in [-0.1, -0.05) is 32.8 Å². The van der Waals surface area contributed by atoms with Crippen LogP contribution in [0.25, 0.3) is 0 Å². The molecule has 0 aromatic carbocycles. The topological polar surface area (TPSA) is 124 Å². The molecular weight excluding hydrogens is 460 g/mol. The van der Waals surface area contributed by atoms with Gasteiger partial charge >= 0.3 is 23.9 Å². The number of hydrogen-bond donors (Lipinski definition) is 0. The van der Waals surface area contributed by atoms with Gasteiger partial charge in [0.1, 0.15) is 12.7 Å². The number of unbranched alkanes of at least 4 members (excludes halogenated alkanes) is 3. The highest BCUT2D eigenvalue weighted by atomic mass is 16.7. The van der Waals surface area contributed by atoms with Gasteiger partial charge in [0, 0.05) is 27.7 Å². The first-order valence-electron chi connectivity index (χ1n) is 12.0. The Morgan fingerprint density at radius 2 is 1.40 bits per heavy atom. The second-order valence-electron chi connectivity index (χ2n) is 8.91. The Morgan fingerprint density at radius 1 is 0.829 bits per heavy atom. The predicted octanol–water partition coefficient (Wildman–Crippen LogP) is 3.25. The SMILES string of the molecule is C=CCCCCC[C@@H](O[C@@H]1O[C@H](COC(C)=O)[C@@H](OC(C)=O)[C@H](OC(C)=O)[C@H]1OC(C)=O)C(C)C. The van der Waals surface area contributed by atoms with Gasteiger partial charge in [-0.15, -0.1) is 6.58 Å². The first-order chi connectivity index (χ1) is 16.5. The summed E-state index contributed by atoms with van der Waals surface area (Å²) < 4.78 is 33.7. The van der Waals surface area contributed by atoms with Crippen molar-refractivity contribution in [2.75, 3.05) is 6.61 Å². The van der Waals surface area contributed by atoms with Crippen molar-refractivity contribution in [2.45, 2.75) is 110 Å². The summed E-state index contributed by atoms with van der Waals surface area (Å²) in [5.41, 5.74) is 0. The number of ether oxygens (including phenoxy) is 6. The van der Waals surface area contributed by atoms with Crippen LogP contribution in [0.1, 0.15) is 73.6 Å². The van der Waals surface area contributed by atoms with Gasteiger partial charge in [0.05, 0.1) is 6.10 Å². The Kier molecular flexibility index (Phi) is 13.6. The fourth-order valence-electron chi connectivity index (χ4n) is 3.84. The molecular formula is C25H40O10. The summed E-state index contributed by atoms with van der Waals surface area (Å²) in [6.45, 7) is 12.2. The third-order valence-corrected chi connectivity index (χ3v) is 5.40. The number of esters is 4. The van der Waals surface area contributed by atoms with E-state index < -0.39 is 54.6 Å². The third kappa shape index (κ3) is 11.2. The quantitative estimate of drug-likeness (QED) is 0.152. The molecule has 0 bridgehead atoms. The van der Waals surface area contributed by atoms with Crippen LogP contribution in [0.2, 0.25) is 0 Å². The van der Waals surface area contributed by atoms with Gasteiger partial charge in [-0.05, 0) is 25.2 Å². The minimum atomic E-state index is -1.24. The molecule has 0 amide bonds. The standard InChI is InChI=1S/C25H40O10/c1-8-9-10-11-12-13-20(15(2)3)34-25-24(33-19(7)29)23(32-18(6)28)22(31-17(5)27)21(35-25)14-30-16(4)26/h8,15,20-25H,1,9-14H2,2-7H3/t20-,21-,22-,23+,24-,25-/m1/s1. The van der Waals surface area contributed by atoms with Gasteiger partial charge in [0.2, 0.25) is 0 Å². The van der Waals surface area contributed by atoms with Crippen molar-refractivity contribution in [3.05, 3.63) is 12.7 Å². The summed E-state index contributed by atoms with van der Waals surface area (Å²) in [7, 11) is 0. The van der Waals surface area contributed by atoms with Crippen molar-refractivity contribution in [1.82, 2.24) is 0 Å². The molecule has 0 radical (unpaired) electrons. The van der Waals surface area contributed by atoms with E-state index in [1.807, 2.05) is 19.9 Å². The molecule has 0 spiro atoms. The number of carbonyl (C=O) groups is 4. The van der Waals surface area contributed by atoms with Crippen molar-refractivity contribution in [1.29, 1.82) is 0 Å². The average Bonchev–Trinajstić information content (AvgIpc) is 2.74. The highest BCUT2D eigenvalue weighted by Gasteiger charge is 2.53. The molecule has 1 aliphatic heterocycles. The average molecular weight is 501 g/mol. The van der Waals surface area contributed by atoms with Gasteiger partial charge in [-0.2, -0.15) is 0 Å². The van der Waals surface area contributed by atoms with E-state index in [-0.39, 0.29) is 18.6 Å². The normalized spacial score (nSPS) is 24.8. The lowest BCUT2D eigenvalue weighted by molar-refractivity contribution is -0.320. The van der Waals surface area contributed by atoms with E-state index in [9.17, 15) is 19.2 Å². The zero-order valence-corrected chi connectivity index (χ0v) is 21.7. The van der Waals surface area contributed by atoms with E-state index in [4.69, 9.17) is 28.4 Å². The molecule has 10 nitrogen and oxygen atoms in total. The zero-order chi connectivity index (χ0) is 26.5. The molecule has 1 heterocycles.